The first-order valence-electron chi connectivity index (χ1n) is 9.49. The van der Waals surface area contributed by atoms with Crippen LogP contribution in [0.4, 0.5) is 4.79 Å². The molecule has 0 aliphatic carbocycles. The number of hydrogen-bond acceptors (Lipinski definition) is 6. The van der Waals surface area contributed by atoms with Gasteiger partial charge in [-0.25, -0.2) is 4.79 Å². The number of carbonyl (C=O) groups is 2. The van der Waals surface area contributed by atoms with Crippen LogP contribution in [-0.2, 0) is 11.3 Å². The summed E-state index contributed by atoms with van der Waals surface area (Å²) in [7, 11) is 0. The van der Waals surface area contributed by atoms with E-state index in [-0.39, 0.29) is 18.0 Å². The van der Waals surface area contributed by atoms with Crippen molar-refractivity contribution in [3.05, 3.63) is 11.9 Å². The first-order chi connectivity index (χ1) is 12.7. The van der Waals surface area contributed by atoms with Crippen molar-refractivity contribution in [3.8, 4) is 0 Å². The maximum atomic E-state index is 12.4. The Hall–Kier alpha value is -2.16. The van der Waals surface area contributed by atoms with E-state index in [1.807, 2.05) is 0 Å². The van der Waals surface area contributed by atoms with E-state index in [0.717, 1.165) is 19.6 Å². The number of rotatable bonds is 5. The van der Waals surface area contributed by atoms with Gasteiger partial charge >= 0.3 is 6.09 Å². The molecular weight excluding hydrogens is 336 g/mol. The van der Waals surface area contributed by atoms with Gasteiger partial charge in [0, 0.05) is 25.7 Å². The Balaban J connectivity index is 1.44. The second-order valence-electron chi connectivity index (χ2n) is 6.97. The third kappa shape index (κ3) is 4.94. The zero-order valence-corrected chi connectivity index (χ0v) is 15.3. The summed E-state index contributed by atoms with van der Waals surface area (Å²) in [5.74, 6) is 0.334. The molecule has 26 heavy (non-hydrogen) atoms. The van der Waals surface area contributed by atoms with Crippen molar-refractivity contribution in [2.45, 2.75) is 45.2 Å². The molecule has 2 aliphatic rings. The minimum absolute atomic E-state index is 0.0425. The standard InChI is InChI=1S/C17H28N6O3/c1-2-26-17(25)22-8-5-14(6-9-22)19-16(24)15-12-23(21-20-15)11-13-4-3-7-18-10-13/h12-14,18H,2-11H2,1H3,(H,19,24)/t13-/m1/s1. The highest BCUT2D eigenvalue weighted by Gasteiger charge is 2.25. The molecule has 3 rings (SSSR count). The summed E-state index contributed by atoms with van der Waals surface area (Å²) in [5.41, 5.74) is 0.349. The van der Waals surface area contributed by atoms with E-state index in [1.54, 1.807) is 22.7 Å². The number of likely N-dealkylation sites (tertiary alicyclic amines) is 1. The van der Waals surface area contributed by atoms with Crippen LogP contribution in [-0.4, -0.2) is 70.7 Å². The Bertz CT molecular complexity index is 605. The minimum atomic E-state index is -0.280. The number of nitrogens with zero attached hydrogens (tertiary/aromatic N) is 4. The number of amides is 2. The van der Waals surface area contributed by atoms with Gasteiger partial charge < -0.3 is 20.3 Å². The van der Waals surface area contributed by atoms with Gasteiger partial charge in [0.2, 0.25) is 0 Å². The Morgan fingerprint density at radius 1 is 1.35 bits per heavy atom. The zero-order valence-electron chi connectivity index (χ0n) is 15.3. The molecule has 1 atom stereocenters. The van der Waals surface area contributed by atoms with Crippen molar-refractivity contribution in [3.63, 3.8) is 0 Å². The molecule has 2 aliphatic heterocycles. The molecule has 0 radical (unpaired) electrons. The minimum Gasteiger partial charge on any atom is -0.450 e. The van der Waals surface area contributed by atoms with Gasteiger partial charge in [0.15, 0.2) is 5.69 Å². The van der Waals surface area contributed by atoms with Crippen molar-refractivity contribution in [2.75, 3.05) is 32.8 Å². The largest absolute Gasteiger partial charge is 0.450 e. The van der Waals surface area contributed by atoms with E-state index < -0.39 is 0 Å². The van der Waals surface area contributed by atoms with Crippen molar-refractivity contribution in [1.82, 2.24) is 30.5 Å². The second kappa shape index (κ2) is 8.98. The van der Waals surface area contributed by atoms with Crippen molar-refractivity contribution in [2.24, 2.45) is 5.92 Å². The smallest absolute Gasteiger partial charge is 0.409 e. The number of piperidine rings is 2. The van der Waals surface area contributed by atoms with Gasteiger partial charge in [0.25, 0.3) is 5.91 Å². The number of hydrogen-bond donors (Lipinski definition) is 2. The summed E-state index contributed by atoms with van der Waals surface area (Å²) in [6.45, 7) is 6.20. The Labute approximate surface area is 153 Å². The molecule has 2 N–H and O–H groups in total. The lowest BCUT2D eigenvalue weighted by Crippen LogP contribution is -2.46. The highest BCUT2D eigenvalue weighted by molar-refractivity contribution is 5.92. The maximum absolute atomic E-state index is 12.4. The van der Waals surface area contributed by atoms with Crippen molar-refractivity contribution >= 4 is 12.0 Å². The number of ether oxygens (including phenoxy) is 1. The van der Waals surface area contributed by atoms with E-state index in [0.29, 0.717) is 44.1 Å². The quantitative estimate of drug-likeness (QED) is 0.795. The Kier molecular flexibility index (Phi) is 6.43. The fraction of sp³-hybridized carbons (Fsp3) is 0.765. The van der Waals surface area contributed by atoms with E-state index in [9.17, 15) is 9.59 Å². The van der Waals surface area contributed by atoms with Gasteiger partial charge in [-0.1, -0.05) is 5.21 Å². The van der Waals surface area contributed by atoms with Gasteiger partial charge in [-0.15, -0.1) is 5.10 Å². The summed E-state index contributed by atoms with van der Waals surface area (Å²) in [4.78, 5) is 25.8. The molecule has 1 aromatic heterocycles. The highest BCUT2D eigenvalue weighted by Crippen LogP contribution is 2.13. The highest BCUT2D eigenvalue weighted by atomic mass is 16.6. The molecule has 0 bridgehead atoms. The van der Waals surface area contributed by atoms with Crippen LogP contribution in [0.5, 0.6) is 0 Å². The van der Waals surface area contributed by atoms with Crippen LogP contribution in [0, 0.1) is 5.92 Å². The monoisotopic (exact) mass is 364 g/mol. The molecule has 0 spiro atoms. The zero-order chi connectivity index (χ0) is 18.4. The van der Waals surface area contributed by atoms with E-state index in [2.05, 4.69) is 20.9 Å². The van der Waals surface area contributed by atoms with Crippen LogP contribution in [0.25, 0.3) is 0 Å². The van der Waals surface area contributed by atoms with Gasteiger partial charge in [0.1, 0.15) is 0 Å². The molecule has 2 amide bonds. The van der Waals surface area contributed by atoms with Crippen LogP contribution < -0.4 is 10.6 Å². The van der Waals surface area contributed by atoms with Crippen molar-refractivity contribution in [1.29, 1.82) is 0 Å². The van der Waals surface area contributed by atoms with Crippen LogP contribution in [0.1, 0.15) is 43.1 Å². The van der Waals surface area contributed by atoms with Crippen LogP contribution in [0.15, 0.2) is 6.20 Å². The van der Waals surface area contributed by atoms with Gasteiger partial charge in [-0.3, -0.25) is 9.48 Å². The molecule has 2 fully saturated rings. The molecule has 9 heteroatoms. The van der Waals surface area contributed by atoms with Gasteiger partial charge in [-0.2, -0.15) is 0 Å². The predicted molar refractivity (Wildman–Crippen MR) is 94.7 cm³/mol. The van der Waals surface area contributed by atoms with Crippen molar-refractivity contribution < 1.29 is 14.3 Å². The molecule has 2 saturated heterocycles. The van der Waals surface area contributed by atoms with Crippen LogP contribution in [0.3, 0.4) is 0 Å². The Morgan fingerprint density at radius 2 is 2.15 bits per heavy atom. The second-order valence-corrected chi connectivity index (χ2v) is 6.97. The first-order valence-corrected chi connectivity index (χ1v) is 9.49. The normalized spacial score (nSPS) is 21.4. The molecule has 0 unspecified atom stereocenters. The lowest BCUT2D eigenvalue weighted by atomic mass is 10.00. The number of carbonyl (C=O) groups excluding carboxylic acids is 2. The molecular formula is C17H28N6O3. The average Bonchev–Trinajstić information content (AvgIpc) is 3.12. The number of aromatic nitrogens is 3. The van der Waals surface area contributed by atoms with Crippen LogP contribution >= 0.6 is 0 Å². The lowest BCUT2D eigenvalue weighted by molar-refractivity contribution is 0.0856. The first kappa shape index (κ1) is 18.6. The maximum Gasteiger partial charge on any atom is 0.409 e. The topological polar surface area (TPSA) is 101 Å². The summed E-state index contributed by atoms with van der Waals surface area (Å²) in [5, 5.41) is 14.5. The predicted octanol–water partition coefficient (Wildman–Crippen LogP) is 0.628. The fourth-order valence-corrected chi connectivity index (χ4v) is 3.52. The van der Waals surface area contributed by atoms with Gasteiger partial charge in [-0.05, 0) is 51.6 Å². The Morgan fingerprint density at radius 3 is 2.85 bits per heavy atom. The fourth-order valence-electron chi connectivity index (χ4n) is 3.52. The molecule has 9 nitrogen and oxygen atoms in total. The summed E-state index contributed by atoms with van der Waals surface area (Å²) in [6.07, 6.45) is 5.22. The number of nitrogens with one attached hydrogen (secondary N) is 2. The van der Waals surface area contributed by atoms with Gasteiger partial charge in [0.05, 0.1) is 12.8 Å². The molecule has 0 aromatic carbocycles. The summed E-state index contributed by atoms with van der Waals surface area (Å²) in [6, 6.07) is 0.0425. The molecule has 144 valence electrons. The average molecular weight is 364 g/mol. The van der Waals surface area contributed by atoms with Crippen LogP contribution in [0.2, 0.25) is 0 Å². The third-order valence-electron chi connectivity index (χ3n) is 4.97. The lowest BCUT2D eigenvalue weighted by Gasteiger charge is -2.31. The summed E-state index contributed by atoms with van der Waals surface area (Å²) < 4.78 is 6.77. The molecule has 1 aromatic rings. The summed E-state index contributed by atoms with van der Waals surface area (Å²) >= 11 is 0. The molecule has 0 saturated carbocycles. The molecule has 3 heterocycles. The van der Waals surface area contributed by atoms with E-state index in [1.165, 1.54) is 12.8 Å². The van der Waals surface area contributed by atoms with E-state index in [4.69, 9.17) is 4.74 Å². The van der Waals surface area contributed by atoms with E-state index >= 15 is 0 Å². The third-order valence-corrected chi connectivity index (χ3v) is 4.97. The SMILES string of the molecule is CCOC(=O)N1CCC(NC(=O)c2cn(C[C@@H]3CCCNC3)nn2)CC1.